The van der Waals surface area contributed by atoms with Gasteiger partial charge in [-0.15, -0.1) is 12.4 Å². The van der Waals surface area contributed by atoms with Gasteiger partial charge in [-0.05, 0) is 34.9 Å². The topological polar surface area (TPSA) is 55.1 Å². The van der Waals surface area contributed by atoms with Crippen LogP contribution in [0.25, 0.3) is 0 Å². The number of benzene rings is 2. The third kappa shape index (κ3) is 6.04. The van der Waals surface area contributed by atoms with E-state index in [2.05, 4.69) is 32.2 Å². The summed E-state index contributed by atoms with van der Waals surface area (Å²) >= 11 is 1.90. The molecular weight excluding hydrogens is 364 g/mol. The first-order valence-corrected chi connectivity index (χ1v) is 9.76. The predicted octanol–water partition coefficient (Wildman–Crippen LogP) is 5.33. The first kappa shape index (κ1) is 22.6. The minimum absolute atomic E-state index is 0. The van der Waals surface area contributed by atoms with Gasteiger partial charge in [-0.2, -0.15) is 11.8 Å². The fourth-order valence-corrected chi connectivity index (χ4v) is 3.43. The largest absolute Gasteiger partial charge is 0.326 e. The van der Waals surface area contributed by atoms with E-state index in [0.717, 1.165) is 22.6 Å². The fourth-order valence-electron chi connectivity index (χ4n) is 2.61. The Labute approximate surface area is 167 Å². The Bertz CT molecular complexity index is 706. The quantitative estimate of drug-likeness (QED) is 0.669. The number of amides is 1. The SMILES string of the molecule is Cc1c(CSC(C)C)cccc1NC(=O)C(C)C(N)c1ccccc1.Cl. The van der Waals surface area contributed by atoms with Gasteiger partial charge in [-0.25, -0.2) is 0 Å². The lowest BCUT2D eigenvalue weighted by Crippen LogP contribution is -2.30. The highest BCUT2D eigenvalue weighted by molar-refractivity contribution is 7.99. The number of nitrogens with two attached hydrogens (primary N) is 1. The first-order valence-electron chi connectivity index (χ1n) is 8.71. The van der Waals surface area contributed by atoms with Crippen LogP contribution in [0.3, 0.4) is 0 Å². The molecule has 0 bridgehead atoms. The lowest BCUT2D eigenvalue weighted by molar-refractivity contribution is -0.120. The van der Waals surface area contributed by atoms with Crippen molar-refractivity contribution in [2.45, 2.75) is 44.7 Å². The highest BCUT2D eigenvalue weighted by Crippen LogP contribution is 2.26. The van der Waals surface area contributed by atoms with Gasteiger partial charge < -0.3 is 11.1 Å². The highest BCUT2D eigenvalue weighted by atomic mass is 35.5. The fraction of sp³-hybridized carbons (Fsp3) is 0.381. The summed E-state index contributed by atoms with van der Waals surface area (Å²) < 4.78 is 0. The summed E-state index contributed by atoms with van der Waals surface area (Å²) in [5.74, 6) is 0.593. The maximum atomic E-state index is 12.7. The van der Waals surface area contributed by atoms with E-state index in [9.17, 15) is 4.79 Å². The van der Waals surface area contributed by atoms with Crippen LogP contribution in [0.15, 0.2) is 48.5 Å². The van der Waals surface area contributed by atoms with Crippen LogP contribution in [0.1, 0.15) is 43.5 Å². The summed E-state index contributed by atoms with van der Waals surface area (Å²) in [6.07, 6.45) is 0. The maximum Gasteiger partial charge on any atom is 0.229 e. The Morgan fingerprint density at radius 2 is 1.73 bits per heavy atom. The zero-order valence-corrected chi connectivity index (χ0v) is 17.5. The van der Waals surface area contributed by atoms with E-state index in [0.29, 0.717) is 5.25 Å². The van der Waals surface area contributed by atoms with Gasteiger partial charge in [0.05, 0.1) is 5.92 Å². The van der Waals surface area contributed by atoms with Crippen molar-refractivity contribution in [1.29, 1.82) is 0 Å². The summed E-state index contributed by atoms with van der Waals surface area (Å²) in [5.41, 5.74) is 10.5. The van der Waals surface area contributed by atoms with Crippen molar-refractivity contribution in [3.63, 3.8) is 0 Å². The number of hydrogen-bond acceptors (Lipinski definition) is 3. The Morgan fingerprint density at radius 3 is 2.35 bits per heavy atom. The Hall–Kier alpha value is -1.49. The zero-order valence-electron chi connectivity index (χ0n) is 15.9. The molecule has 5 heteroatoms. The summed E-state index contributed by atoms with van der Waals surface area (Å²) in [6, 6.07) is 15.5. The normalized spacial score (nSPS) is 13.0. The average molecular weight is 393 g/mol. The lowest BCUT2D eigenvalue weighted by atomic mass is 9.94. The molecule has 0 radical (unpaired) electrons. The van der Waals surface area contributed by atoms with E-state index < -0.39 is 0 Å². The van der Waals surface area contributed by atoms with Crippen LogP contribution in [0.2, 0.25) is 0 Å². The molecule has 0 fully saturated rings. The number of hydrogen-bond donors (Lipinski definition) is 2. The van der Waals surface area contributed by atoms with Gasteiger partial charge in [-0.1, -0.05) is 63.2 Å². The van der Waals surface area contributed by atoms with Gasteiger partial charge in [-0.3, -0.25) is 4.79 Å². The number of anilines is 1. The molecule has 0 aliphatic rings. The smallest absolute Gasteiger partial charge is 0.229 e. The Balaban J connectivity index is 0.00000338. The summed E-state index contributed by atoms with van der Waals surface area (Å²) in [7, 11) is 0. The van der Waals surface area contributed by atoms with Crippen molar-refractivity contribution < 1.29 is 4.79 Å². The molecule has 2 unspecified atom stereocenters. The molecule has 0 aromatic heterocycles. The molecule has 0 saturated heterocycles. The van der Waals surface area contributed by atoms with Gasteiger partial charge in [0, 0.05) is 17.5 Å². The van der Waals surface area contributed by atoms with Crippen molar-refractivity contribution >= 4 is 35.8 Å². The van der Waals surface area contributed by atoms with Crippen molar-refractivity contribution in [3.05, 3.63) is 65.2 Å². The van der Waals surface area contributed by atoms with Crippen LogP contribution in [0, 0.1) is 12.8 Å². The molecule has 2 atom stereocenters. The number of thioether (sulfide) groups is 1. The molecule has 2 aromatic rings. The molecule has 3 nitrogen and oxygen atoms in total. The van der Waals surface area contributed by atoms with Crippen LogP contribution in [0.4, 0.5) is 5.69 Å². The van der Waals surface area contributed by atoms with Crippen LogP contribution in [0.5, 0.6) is 0 Å². The number of nitrogens with one attached hydrogen (secondary N) is 1. The van der Waals surface area contributed by atoms with Crippen LogP contribution < -0.4 is 11.1 Å². The zero-order chi connectivity index (χ0) is 18.4. The minimum atomic E-state index is -0.318. The van der Waals surface area contributed by atoms with Crippen LogP contribution >= 0.6 is 24.2 Å². The number of carbonyl (C=O) groups is 1. The molecular formula is C21H29ClN2OS. The van der Waals surface area contributed by atoms with E-state index in [1.165, 1.54) is 5.56 Å². The second-order valence-electron chi connectivity index (χ2n) is 6.66. The monoisotopic (exact) mass is 392 g/mol. The molecule has 2 rings (SSSR count). The molecule has 0 aliphatic carbocycles. The molecule has 3 N–H and O–H groups in total. The van der Waals surface area contributed by atoms with Gasteiger partial charge >= 0.3 is 0 Å². The standard InChI is InChI=1S/C21H28N2OS.ClH/c1-14(2)25-13-18-11-8-12-19(15(18)3)23-21(24)16(4)20(22)17-9-6-5-7-10-17;/h5-12,14,16,20H,13,22H2,1-4H3,(H,23,24);1H. The number of halogens is 1. The third-order valence-corrected chi connectivity index (χ3v) is 5.56. The maximum absolute atomic E-state index is 12.7. The predicted molar refractivity (Wildman–Crippen MR) is 116 cm³/mol. The molecule has 0 spiro atoms. The Morgan fingerprint density at radius 1 is 1.08 bits per heavy atom. The average Bonchev–Trinajstić information content (AvgIpc) is 2.61. The van der Waals surface area contributed by atoms with E-state index in [1.54, 1.807) is 0 Å². The molecule has 2 aromatic carbocycles. The van der Waals surface area contributed by atoms with E-state index in [-0.39, 0.29) is 30.3 Å². The minimum Gasteiger partial charge on any atom is -0.326 e. The van der Waals surface area contributed by atoms with Crippen molar-refractivity contribution in [2.75, 3.05) is 5.32 Å². The lowest BCUT2D eigenvalue weighted by Gasteiger charge is -2.21. The summed E-state index contributed by atoms with van der Waals surface area (Å²) in [4.78, 5) is 12.7. The third-order valence-electron chi connectivity index (χ3n) is 4.41. The van der Waals surface area contributed by atoms with Gasteiger partial charge in [0.25, 0.3) is 0 Å². The van der Waals surface area contributed by atoms with Crippen molar-refractivity contribution in [3.8, 4) is 0 Å². The second kappa shape index (κ2) is 10.6. The van der Waals surface area contributed by atoms with Gasteiger partial charge in [0.1, 0.15) is 0 Å². The second-order valence-corrected chi connectivity index (χ2v) is 8.23. The summed E-state index contributed by atoms with van der Waals surface area (Å²) in [5, 5.41) is 3.65. The van der Waals surface area contributed by atoms with Gasteiger partial charge in [0.15, 0.2) is 0 Å². The Kier molecular flexibility index (Phi) is 9.20. The highest BCUT2D eigenvalue weighted by Gasteiger charge is 2.22. The van der Waals surface area contributed by atoms with E-state index >= 15 is 0 Å². The number of carbonyl (C=O) groups excluding carboxylic acids is 1. The van der Waals surface area contributed by atoms with Crippen LogP contribution in [-0.2, 0) is 10.5 Å². The molecule has 0 aliphatic heterocycles. The molecule has 26 heavy (non-hydrogen) atoms. The van der Waals surface area contributed by atoms with Crippen molar-refractivity contribution in [2.24, 2.45) is 11.7 Å². The first-order chi connectivity index (χ1) is 11.9. The van der Waals surface area contributed by atoms with Crippen LogP contribution in [-0.4, -0.2) is 11.2 Å². The number of rotatable bonds is 7. The van der Waals surface area contributed by atoms with E-state index in [1.807, 2.05) is 61.2 Å². The van der Waals surface area contributed by atoms with Gasteiger partial charge in [0.2, 0.25) is 5.91 Å². The summed E-state index contributed by atoms with van der Waals surface area (Å²) in [6.45, 7) is 8.32. The molecule has 0 heterocycles. The van der Waals surface area contributed by atoms with Crippen molar-refractivity contribution in [1.82, 2.24) is 0 Å². The van der Waals surface area contributed by atoms with E-state index in [4.69, 9.17) is 5.73 Å². The molecule has 142 valence electrons. The molecule has 0 saturated carbocycles. The molecule has 1 amide bonds.